The normalized spacial score (nSPS) is 15.9. The average molecular weight is 481 g/mol. The summed E-state index contributed by atoms with van der Waals surface area (Å²) in [5.41, 5.74) is 3.44. The summed E-state index contributed by atoms with van der Waals surface area (Å²) in [6.07, 6.45) is 0.294. The van der Waals surface area contributed by atoms with Crippen LogP contribution in [0.3, 0.4) is 0 Å². The second kappa shape index (κ2) is 9.87. The van der Waals surface area contributed by atoms with Gasteiger partial charge >= 0.3 is 0 Å². The van der Waals surface area contributed by atoms with Crippen molar-refractivity contribution < 1.29 is 22.7 Å². The van der Waals surface area contributed by atoms with Crippen LogP contribution in [0, 0.1) is 6.92 Å². The van der Waals surface area contributed by atoms with Gasteiger partial charge in [-0.3, -0.25) is 4.79 Å². The molecule has 0 unspecified atom stereocenters. The lowest BCUT2D eigenvalue weighted by Gasteiger charge is -2.35. The molecule has 0 fully saturated rings. The molecule has 0 aromatic heterocycles. The van der Waals surface area contributed by atoms with E-state index in [-0.39, 0.29) is 23.9 Å². The SMILES string of the molecule is COc1ccc(OC)c(CNC(=O)[C@H]2Cc3ccccc3CN2S(=O)(=O)c2cccc(C)c2)c1. The Morgan fingerprint density at radius 1 is 1.00 bits per heavy atom. The minimum absolute atomic E-state index is 0.132. The molecule has 34 heavy (non-hydrogen) atoms. The number of carbonyl (C=O) groups is 1. The second-order valence-corrected chi connectivity index (χ2v) is 10.1. The summed E-state index contributed by atoms with van der Waals surface area (Å²) in [7, 11) is -0.776. The van der Waals surface area contributed by atoms with Gasteiger partial charge in [-0.05, 0) is 60.4 Å². The molecule has 0 radical (unpaired) electrons. The fraction of sp³-hybridized carbons (Fsp3) is 0.269. The Balaban J connectivity index is 1.64. The zero-order valence-electron chi connectivity index (χ0n) is 19.4. The lowest BCUT2D eigenvalue weighted by molar-refractivity contribution is -0.125. The van der Waals surface area contributed by atoms with Gasteiger partial charge < -0.3 is 14.8 Å². The average Bonchev–Trinajstić information content (AvgIpc) is 2.86. The zero-order chi connectivity index (χ0) is 24.3. The van der Waals surface area contributed by atoms with Crippen LogP contribution in [0.1, 0.15) is 22.3 Å². The number of fused-ring (bicyclic) bond motifs is 1. The van der Waals surface area contributed by atoms with Gasteiger partial charge in [-0.2, -0.15) is 4.31 Å². The van der Waals surface area contributed by atoms with Crippen LogP contribution in [-0.2, 0) is 34.3 Å². The van der Waals surface area contributed by atoms with Gasteiger partial charge in [0.25, 0.3) is 0 Å². The number of ether oxygens (including phenoxy) is 2. The van der Waals surface area contributed by atoms with Crippen molar-refractivity contribution in [2.75, 3.05) is 14.2 Å². The minimum atomic E-state index is -3.90. The third-order valence-electron chi connectivity index (χ3n) is 6.04. The number of hydrogen-bond acceptors (Lipinski definition) is 5. The van der Waals surface area contributed by atoms with Crippen molar-refractivity contribution >= 4 is 15.9 Å². The van der Waals surface area contributed by atoms with Crippen molar-refractivity contribution in [3.8, 4) is 11.5 Å². The fourth-order valence-corrected chi connectivity index (χ4v) is 5.88. The molecule has 1 aliphatic rings. The third-order valence-corrected chi connectivity index (χ3v) is 7.90. The van der Waals surface area contributed by atoms with Crippen LogP contribution in [-0.4, -0.2) is 38.9 Å². The lowest BCUT2D eigenvalue weighted by atomic mass is 9.95. The van der Waals surface area contributed by atoms with Crippen LogP contribution in [0.2, 0.25) is 0 Å². The highest BCUT2D eigenvalue weighted by Gasteiger charge is 2.39. The molecule has 0 spiro atoms. The lowest BCUT2D eigenvalue weighted by Crippen LogP contribution is -2.52. The number of methoxy groups -OCH3 is 2. The van der Waals surface area contributed by atoms with E-state index in [2.05, 4.69) is 5.32 Å². The van der Waals surface area contributed by atoms with Crippen LogP contribution in [0.25, 0.3) is 0 Å². The summed E-state index contributed by atoms with van der Waals surface area (Å²) < 4.78 is 39.3. The van der Waals surface area contributed by atoms with E-state index in [4.69, 9.17) is 9.47 Å². The Hall–Kier alpha value is -3.36. The van der Waals surface area contributed by atoms with E-state index in [0.717, 1.165) is 22.3 Å². The summed E-state index contributed by atoms with van der Waals surface area (Å²) in [5, 5.41) is 2.91. The predicted octanol–water partition coefficient (Wildman–Crippen LogP) is 3.44. The number of rotatable bonds is 7. The van der Waals surface area contributed by atoms with E-state index in [0.29, 0.717) is 17.9 Å². The van der Waals surface area contributed by atoms with E-state index in [1.54, 1.807) is 50.6 Å². The maximum atomic E-state index is 13.6. The molecular weight excluding hydrogens is 452 g/mol. The monoisotopic (exact) mass is 480 g/mol. The molecule has 0 aliphatic carbocycles. The van der Waals surface area contributed by atoms with Gasteiger partial charge in [0.1, 0.15) is 17.5 Å². The summed E-state index contributed by atoms with van der Waals surface area (Å²) in [6.45, 7) is 2.15. The first kappa shape index (κ1) is 23.8. The number of carbonyl (C=O) groups excluding carboxylic acids is 1. The molecule has 7 nitrogen and oxygen atoms in total. The fourth-order valence-electron chi connectivity index (χ4n) is 4.21. The Kier molecular flexibility index (Phi) is 6.90. The number of nitrogens with zero attached hydrogens (tertiary/aromatic N) is 1. The van der Waals surface area contributed by atoms with E-state index >= 15 is 0 Å². The summed E-state index contributed by atoms with van der Waals surface area (Å²) >= 11 is 0. The Labute approximate surface area is 200 Å². The first-order valence-electron chi connectivity index (χ1n) is 11.0. The molecule has 3 aromatic rings. The van der Waals surface area contributed by atoms with Crippen molar-refractivity contribution in [3.63, 3.8) is 0 Å². The van der Waals surface area contributed by atoms with Crippen molar-refractivity contribution in [1.29, 1.82) is 0 Å². The number of amides is 1. The first-order chi connectivity index (χ1) is 16.3. The highest BCUT2D eigenvalue weighted by molar-refractivity contribution is 7.89. The molecule has 3 aromatic carbocycles. The maximum absolute atomic E-state index is 13.6. The largest absolute Gasteiger partial charge is 0.497 e. The molecule has 1 N–H and O–H groups in total. The molecule has 1 amide bonds. The van der Waals surface area contributed by atoms with Crippen LogP contribution >= 0.6 is 0 Å². The van der Waals surface area contributed by atoms with Crippen molar-refractivity contribution in [2.24, 2.45) is 0 Å². The predicted molar refractivity (Wildman–Crippen MR) is 129 cm³/mol. The van der Waals surface area contributed by atoms with Crippen molar-refractivity contribution in [2.45, 2.75) is 37.4 Å². The Morgan fingerprint density at radius 3 is 2.47 bits per heavy atom. The molecular formula is C26H28N2O5S. The second-order valence-electron chi connectivity index (χ2n) is 8.25. The van der Waals surface area contributed by atoms with Gasteiger partial charge in [0.05, 0.1) is 19.1 Å². The number of nitrogens with one attached hydrogen (secondary N) is 1. The quantitative estimate of drug-likeness (QED) is 0.560. The van der Waals surface area contributed by atoms with E-state index in [1.807, 2.05) is 37.3 Å². The molecule has 0 saturated carbocycles. The number of hydrogen-bond donors (Lipinski definition) is 1. The van der Waals surface area contributed by atoms with Crippen LogP contribution < -0.4 is 14.8 Å². The molecule has 178 valence electrons. The topological polar surface area (TPSA) is 84.9 Å². The summed E-state index contributed by atoms with van der Waals surface area (Å²) in [6, 6.07) is 18.8. The summed E-state index contributed by atoms with van der Waals surface area (Å²) in [5.74, 6) is 0.884. The molecule has 1 atom stereocenters. The standard InChI is InChI=1S/C26H28N2O5S/c1-18-7-6-10-23(13-18)34(30,31)28-17-20-9-5-4-8-19(20)15-24(28)26(29)27-16-21-14-22(32-2)11-12-25(21)33-3/h4-14,24H,15-17H2,1-3H3,(H,27,29)/t24-/m1/s1. The number of aryl methyl sites for hydroxylation is 1. The van der Waals surface area contributed by atoms with E-state index in [1.165, 1.54) is 4.31 Å². The summed E-state index contributed by atoms with van der Waals surface area (Å²) in [4.78, 5) is 13.6. The van der Waals surface area contributed by atoms with E-state index in [9.17, 15) is 13.2 Å². The highest BCUT2D eigenvalue weighted by Crippen LogP contribution is 2.30. The van der Waals surface area contributed by atoms with Gasteiger partial charge in [-0.15, -0.1) is 0 Å². The van der Waals surface area contributed by atoms with Gasteiger partial charge in [0, 0.05) is 18.7 Å². The zero-order valence-corrected chi connectivity index (χ0v) is 20.3. The maximum Gasteiger partial charge on any atom is 0.244 e. The van der Waals surface area contributed by atoms with Crippen LogP contribution in [0.5, 0.6) is 11.5 Å². The first-order valence-corrected chi connectivity index (χ1v) is 12.4. The number of sulfonamides is 1. The van der Waals surface area contributed by atoms with Crippen LogP contribution in [0.4, 0.5) is 0 Å². The highest BCUT2D eigenvalue weighted by atomic mass is 32.2. The van der Waals surface area contributed by atoms with Crippen molar-refractivity contribution in [3.05, 3.63) is 89.0 Å². The molecule has 0 saturated heterocycles. The van der Waals surface area contributed by atoms with Crippen LogP contribution in [0.15, 0.2) is 71.6 Å². The molecule has 1 aliphatic heterocycles. The molecule has 1 heterocycles. The molecule has 4 rings (SSSR count). The Bertz CT molecular complexity index is 1310. The van der Waals surface area contributed by atoms with Gasteiger partial charge in [0.2, 0.25) is 15.9 Å². The van der Waals surface area contributed by atoms with E-state index < -0.39 is 16.1 Å². The van der Waals surface area contributed by atoms with Gasteiger partial charge in [-0.25, -0.2) is 8.42 Å². The number of benzene rings is 3. The molecule has 0 bridgehead atoms. The smallest absolute Gasteiger partial charge is 0.244 e. The molecule has 8 heteroatoms. The third kappa shape index (κ3) is 4.78. The van der Waals surface area contributed by atoms with Crippen molar-refractivity contribution in [1.82, 2.24) is 9.62 Å². The van der Waals surface area contributed by atoms with Gasteiger partial charge in [-0.1, -0.05) is 36.4 Å². The van der Waals surface area contributed by atoms with Gasteiger partial charge in [0.15, 0.2) is 0 Å². The Morgan fingerprint density at radius 2 is 1.76 bits per heavy atom. The minimum Gasteiger partial charge on any atom is -0.497 e.